The number of aromatic nitrogens is 4. The molecule has 2 aromatic carbocycles. The first-order chi connectivity index (χ1) is 14.4. The second-order valence-corrected chi connectivity index (χ2v) is 6.72. The van der Waals surface area contributed by atoms with Gasteiger partial charge in [-0.05, 0) is 31.0 Å². The molecule has 4 rings (SSSR count). The maximum atomic E-state index is 14.8. The van der Waals surface area contributed by atoms with Crippen molar-refractivity contribution in [3.63, 3.8) is 0 Å². The van der Waals surface area contributed by atoms with Gasteiger partial charge in [0.15, 0.2) is 11.6 Å². The number of halogens is 1. The summed E-state index contributed by atoms with van der Waals surface area (Å²) in [5.74, 6) is -0.508. The lowest BCUT2D eigenvalue weighted by Gasteiger charge is -2.14. The summed E-state index contributed by atoms with van der Waals surface area (Å²) >= 11 is 0. The van der Waals surface area contributed by atoms with Gasteiger partial charge in [-0.3, -0.25) is 0 Å². The van der Waals surface area contributed by atoms with Gasteiger partial charge in [-0.15, -0.1) is 0 Å². The lowest BCUT2D eigenvalue weighted by molar-refractivity contribution is 0.0697. The fourth-order valence-electron chi connectivity index (χ4n) is 3.10. The molecule has 0 spiro atoms. The van der Waals surface area contributed by atoms with Crippen LogP contribution in [-0.2, 0) is 0 Å². The second-order valence-electron chi connectivity index (χ2n) is 6.72. The van der Waals surface area contributed by atoms with Crippen molar-refractivity contribution in [1.29, 1.82) is 0 Å². The van der Waals surface area contributed by atoms with Crippen LogP contribution in [0.25, 0.3) is 16.9 Å². The van der Waals surface area contributed by atoms with E-state index >= 15 is 0 Å². The molecule has 2 N–H and O–H groups in total. The fraction of sp³-hybridized carbons (Fsp3) is 0.143. The van der Waals surface area contributed by atoms with Crippen LogP contribution in [-0.4, -0.2) is 37.9 Å². The Bertz CT molecular complexity index is 1270. The number of hydrogen-bond donors (Lipinski definition) is 2. The molecule has 0 amide bonds. The maximum absolute atomic E-state index is 14.8. The van der Waals surface area contributed by atoms with Gasteiger partial charge < -0.3 is 15.2 Å². The first kappa shape index (κ1) is 19.3. The molecule has 0 atom stereocenters. The Kier molecular flexibility index (Phi) is 4.78. The molecule has 0 fully saturated rings. The van der Waals surface area contributed by atoms with Gasteiger partial charge >= 0.3 is 5.97 Å². The Morgan fingerprint density at radius 1 is 1.20 bits per heavy atom. The second kappa shape index (κ2) is 7.43. The molecule has 2 aromatic heterocycles. The first-order valence-electron chi connectivity index (χ1n) is 9.09. The molecule has 30 heavy (non-hydrogen) atoms. The van der Waals surface area contributed by atoms with Crippen molar-refractivity contribution in [2.75, 3.05) is 12.4 Å². The number of nitrogens with one attached hydrogen (secondary N) is 1. The molecule has 0 aliphatic heterocycles. The highest BCUT2D eigenvalue weighted by atomic mass is 19.1. The summed E-state index contributed by atoms with van der Waals surface area (Å²) in [5, 5.41) is 16.6. The third-order valence-electron chi connectivity index (χ3n) is 4.63. The average molecular weight is 407 g/mol. The number of nitrogens with zero attached hydrogens (tertiary/aromatic N) is 4. The quantitative estimate of drug-likeness (QED) is 0.513. The van der Waals surface area contributed by atoms with Crippen molar-refractivity contribution in [2.24, 2.45) is 0 Å². The number of fused-ring (bicyclic) bond motifs is 1. The summed E-state index contributed by atoms with van der Waals surface area (Å²) in [6.45, 7) is 3.79. The van der Waals surface area contributed by atoms with Crippen molar-refractivity contribution < 1.29 is 19.0 Å². The zero-order valence-electron chi connectivity index (χ0n) is 16.5. The van der Waals surface area contributed by atoms with Crippen molar-refractivity contribution in [3.05, 3.63) is 65.2 Å². The van der Waals surface area contributed by atoms with E-state index < -0.39 is 11.8 Å². The summed E-state index contributed by atoms with van der Waals surface area (Å²) in [5.41, 5.74) is 2.10. The number of benzene rings is 2. The Morgan fingerprint density at radius 2 is 1.93 bits per heavy atom. The summed E-state index contributed by atoms with van der Waals surface area (Å²) in [4.78, 5) is 19.8. The normalized spacial score (nSPS) is 10.9. The molecule has 0 saturated heterocycles. The molecule has 2 heterocycles. The third kappa shape index (κ3) is 3.41. The number of carboxylic acids is 1. The van der Waals surface area contributed by atoms with Crippen LogP contribution in [0, 0.1) is 19.7 Å². The van der Waals surface area contributed by atoms with Crippen molar-refractivity contribution >= 4 is 22.7 Å². The molecule has 0 aliphatic rings. The highest BCUT2D eigenvalue weighted by Crippen LogP contribution is 2.34. The number of rotatable bonds is 5. The molecule has 0 saturated carbocycles. The van der Waals surface area contributed by atoms with E-state index in [1.807, 2.05) is 32.0 Å². The molecule has 4 aromatic rings. The van der Waals surface area contributed by atoms with Gasteiger partial charge in [0.05, 0.1) is 17.3 Å². The predicted octanol–water partition coefficient (Wildman–Crippen LogP) is 4.10. The van der Waals surface area contributed by atoms with E-state index in [1.165, 1.54) is 29.2 Å². The fourth-order valence-corrected chi connectivity index (χ4v) is 3.10. The molecular formula is C21H18FN5O3. The highest BCUT2D eigenvalue weighted by molar-refractivity contribution is 5.91. The average Bonchev–Trinajstić information content (AvgIpc) is 3.21. The minimum absolute atomic E-state index is 0.00626. The van der Waals surface area contributed by atoms with Crippen LogP contribution in [0.3, 0.4) is 0 Å². The minimum atomic E-state index is -1.12. The maximum Gasteiger partial charge on any atom is 0.338 e. The number of para-hydroxylation sites is 1. The van der Waals surface area contributed by atoms with Crippen molar-refractivity contribution in [1.82, 2.24) is 19.7 Å². The van der Waals surface area contributed by atoms with E-state index in [9.17, 15) is 9.18 Å². The largest absolute Gasteiger partial charge is 0.478 e. The Labute approximate surface area is 171 Å². The smallest absolute Gasteiger partial charge is 0.338 e. The van der Waals surface area contributed by atoms with Crippen LogP contribution in [0.4, 0.5) is 10.2 Å². The van der Waals surface area contributed by atoms with Crippen LogP contribution in [0.1, 0.15) is 21.5 Å². The monoisotopic (exact) mass is 407 g/mol. The summed E-state index contributed by atoms with van der Waals surface area (Å²) < 4.78 is 21.9. The van der Waals surface area contributed by atoms with Crippen LogP contribution < -0.4 is 10.1 Å². The predicted molar refractivity (Wildman–Crippen MR) is 109 cm³/mol. The topological polar surface area (TPSA) is 102 Å². The van der Waals surface area contributed by atoms with Gasteiger partial charge in [0.1, 0.15) is 11.6 Å². The summed E-state index contributed by atoms with van der Waals surface area (Å²) in [6.07, 6.45) is 2.48. The third-order valence-corrected chi connectivity index (χ3v) is 4.63. The van der Waals surface area contributed by atoms with Crippen LogP contribution in [0.2, 0.25) is 0 Å². The van der Waals surface area contributed by atoms with Crippen LogP contribution in [0.5, 0.6) is 11.5 Å². The Morgan fingerprint density at radius 3 is 2.57 bits per heavy atom. The zero-order valence-corrected chi connectivity index (χ0v) is 16.5. The van der Waals surface area contributed by atoms with E-state index in [4.69, 9.17) is 9.84 Å². The van der Waals surface area contributed by atoms with E-state index in [2.05, 4.69) is 20.4 Å². The van der Waals surface area contributed by atoms with Gasteiger partial charge in [-0.2, -0.15) is 10.1 Å². The van der Waals surface area contributed by atoms with Crippen LogP contribution in [0.15, 0.2) is 42.7 Å². The minimum Gasteiger partial charge on any atom is -0.478 e. The van der Waals surface area contributed by atoms with Gasteiger partial charge in [0.25, 0.3) is 5.95 Å². The molecule has 0 unspecified atom stereocenters. The van der Waals surface area contributed by atoms with E-state index in [-0.39, 0.29) is 17.3 Å². The number of anilines is 1. The molecular weight excluding hydrogens is 389 g/mol. The molecule has 0 radical (unpaired) electrons. The van der Waals surface area contributed by atoms with Crippen molar-refractivity contribution in [3.8, 4) is 17.4 Å². The number of carbonyl (C=O) groups is 1. The summed E-state index contributed by atoms with van der Waals surface area (Å²) in [6, 6.07) is 8.49. The van der Waals surface area contributed by atoms with Crippen molar-refractivity contribution in [2.45, 2.75) is 13.8 Å². The number of carboxylic acid groups (broad SMARTS) is 1. The highest BCUT2D eigenvalue weighted by Gasteiger charge is 2.16. The first-order valence-corrected chi connectivity index (χ1v) is 9.09. The van der Waals surface area contributed by atoms with Gasteiger partial charge in [-0.1, -0.05) is 18.2 Å². The number of ether oxygens (including phenoxy) is 1. The zero-order chi connectivity index (χ0) is 21.4. The van der Waals surface area contributed by atoms with Gasteiger partial charge in [-0.25, -0.2) is 18.9 Å². The van der Waals surface area contributed by atoms with Gasteiger partial charge in [0.2, 0.25) is 0 Å². The van der Waals surface area contributed by atoms with E-state index in [0.29, 0.717) is 22.5 Å². The lowest BCUT2D eigenvalue weighted by atomic mass is 10.1. The number of aromatic carboxylic acids is 1. The standard InChI is InChI=1S/C21H18FN5O3/c1-11-5-4-6-12(2)18(11)30-17-7-14-16(8-15(17)22)25-21(26-19(14)23-3)27-10-13(9-24-27)20(28)29/h4-10H,1-3H3,(H,28,29)(H,23,25,26). The molecule has 9 heteroatoms. The number of hydrogen-bond acceptors (Lipinski definition) is 6. The summed E-state index contributed by atoms with van der Waals surface area (Å²) in [7, 11) is 1.67. The van der Waals surface area contributed by atoms with E-state index in [1.54, 1.807) is 7.05 Å². The molecule has 0 bridgehead atoms. The molecule has 8 nitrogen and oxygen atoms in total. The molecule has 152 valence electrons. The molecule has 0 aliphatic carbocycles. The lowest BCUT2D eigenvalue weighted by Crippen LogP contribution is -2.06. The number of aryl methyl sites for hydroxylation is 2. The van der Waals surface area contributed by atoms with Crippen LogP contribution >= 0.6 is 0 Å². The van der Waals surface area contributed by atoms with E-state index in [0.717, 1.165) is 11.1 Å². The van der Waals surface area contributed by atoms with Gasteiger partial charge in [0, 0.05) is 24.7 Å². The Balaban J connectivity index is 1.81. The Hall–Kier alpha value is -4.01. The SMILES string of the molecule is CNc1nc(-n2cc(C(=O)O)cn2)nc2cc(F)c(Oc3c(C)cccc3C)cc12.